The van der Waals surface area contributed by atoms with Crippen LogP contribution >= 0.6 is 0 Å². The van der Waals surface area contributed by atoms with Crippen molar-refractivity contribution in [2.75, 3.05) is 20.2 Å². The van der Waals surface area contributed by atoms with E-state index in [2.05, 4.69) is 0 Å². The lowest BCUT2D eigenvalue weighted by atomic mass is 10.2. The van der Waals surface area contributed by atoms with Gasteiger partial charge in [-0.05, 0) is 30.9 Å². The second kappa shape index (κ2) is 8.09. The van der Waals surface area contributed by atoms with Gasteiger partial charge in [0.2, 0.25) is 10.0 Å². The van der Waals surface area contributed by atoms with Crippen molar-refractivity contribution in [3.8, 4) is 0 Å². The number of hydrogen-bond donors (Lipinski definition) is 1. The molecule has 1 N–H and O–H groups in total. The van der Waals surface area contributed by atoms with E-state index in [1.807, 2.05) is 30.3 Å². The molecule has 0 aliphatic heterocycles. The highest BCUT2D eigenvalue weighted by Crippen LogP contribution is 2.08. The van der Waals surface area contributed by atoms with E-state index in [1.165, 1.54) is 9.71 Å². The zero-order valence-corrected chi connectivity index (χ0v) is 12.0. The molecule has 0 bridgehead atoms. The summed E-state index contributed by atoms with van der Waals surface area (Å²) in [5, 5.41) is 9.89. The van der Waals surface area contributed by atoms with E-state index in [0.717, 1.165) is 18.4 Å². The molecule has 0 aliphatic carbocycles. The van der Waals surface area contributed by atoms with Gasteiger partial charge in [-0.25, -0.2) is 12.7 Å². The number of benzene rings is 1. The summed E-state index contributed by atoms with van der Waals surface area (Å²) >= 11 is 0. The van der Waals surface area contributed by atoms with Crippen LogP contribution in [-0.4, -0.2) is 38.0 Å². The van der Waals surface area contributed by atoms with Crippen molar-refractivity contribution in [1.82, 2.24) is 4.31 Å². The van der Waals surface area contributed by atoms with Crippen LogP contribution in [0.1, 0.15) is 24.8 Å². The number of sulfonamides is 1. The van der Waals surface area contributed by atoms with Crippen molar-refractivity contribution in [2.45, 2.75) is 19.3 Å². The third-order valence-electron chi connectivity index (χ3n) is 2.80. The molecule has 0 saturated carbocycles. The molecule has 1 aromatic carbocycles. The smallest absolute Gasteiger partial charge is 0.235 e. The standard InChI is InChI=1S/C14H21NO3S/c1-15(11-6-3-7-12-16)19(17,18)13-10-14-8-4-2-5-9-14/h2,4-5,8-10,13,16H,3,6-7,11-12H2,1H3/b13-10+. The average Bonchev–Trinajstić information content (AvgIpc) is 2.42. The topological polar surface area (TPSA) is 57.6 Å². The Hall–Kier alpha value is -1.17. The van der Waals surface area contributed by atoms with Gasteiger partial charge in [0.25, 0.3) is 0 Å². The summed E-state index contributed by atoms with van der Waals surface area (Å²) in [7, 11) is -1.78. The monoisotopic (exact) mass is 283 g/mol. The molecule has 1 aromatic rings. The van der Waals surface area contributed by atoms with Crippen molar-refractivity contribution < 1.29 is 13.5 Å². The average molecular weight is 283 g/mol. The molecule has 5 heteroatoms. The van der Waals surface area contributed by atoms with Crippen LogP contribution in [0.4, 0.5) is 0 Å². The van der Waals surface area contributed by atoms with Crippen molar-refractivity contribution in [1.29, 1.82) is 0 Å². The zero-order valence-electron chi connectivity index (χ0n) is 11.2. The maximum absolute atomic E-state index is 12.0. The van der Waals surface area contributed by atoms with Crippen molar-refractivity contribution >= 4 is 16.1 Å². The van der Waals surface area contributed by atoms with E-state index in [0.29, 0.717) is 13.0 Å². The minimum Gasteiger partial charge on any atom is -0.396 e. The molecule has 0 heterocycles. The minimum atomic E-state index is -3.36. The highest BCUT2D eigenvalue weighted by molar-refractivity contribution is 7.92. The molecule has 0 saturated heterocycles. The number of rotatable bonds is 8. The first-order valence-electron chi connectivity index (χ1n) is 6.36. The molecule has 0 unspecified atom stereocenters. The van der Waals surface area contributed by atoms with E-state index in [1.54, 1.807) is 13.1 Å². The molecule has 19 heavy (non-hydrogen) atoms. The van der Waals surface area contributed by atoms with Crippen molar-refractivity contribution in [3.63, 3.8) is 0 Å². The van der Waals surface area contributed by atoms with E-state index in [9.17, 15) is 8.42 Å². The summed E-state index contributed by atoms with van der Waals surface area (Å²) in [5.41, 5.74) is 0.861. The molecule has 0 spiro atoms. The lowest BCUT2D eigenvalue weighted by Gasteiger charge is -2.14. The second-order valence-electron chi connectivity index (χ2n) is 4.36. The second-order valence-corrected chi connectivity index (χ2v) is 6.29. The molecule has 0 aliphatic rings. The SMILES string of the molecule is CN(CCCCCO)S(=O)(=O)/C=C/c1ccccc1. The summed E-state index contributed by atoms with van der Waals surface area (Å²) in [5.74, 6) is 0. The fourth-order valence-electron chi connectivity index (χ4n) is 1.58. The summed E-state index contributed by atoms with van der Waals surface area (Å²) in [6, 6.07) is 9.33. The number of hydrogen-bond acceptors (Lipinski definition) is 3. The van der Waals surface area contributed by atoms with E-state index < -0.39 is 10.0 Å². The lowest BCUT2D eigenvalue weighted by Crippen LogP contribution is -2.25. The Kier molecular flexibility index (Phi) is 6.77. The number of aliphatic hydroxyl groups excluding tert-OH is 1. The van der Waals surface area contributed by atoms with Gasteiger partial charge in [-0.15, -0.1) is 0 Å². The van der Waals surface area contributed by atoms with E-state index >= 15 is 0 Å². The summed E-state index contributed by atoms with van der Waals surface area (Å²) in [4.78, 5) is 0. The Labute approximate surface area is 115 Å². The van der Waals surface area contributed by atoms with Gasteiger partial charge in [0.1, 0.15) is 0 Å². The number of aliphatic hydroxyl groups is 1. The molecule has 1 rings (SSSR count). The predicted molar refractivity (Wildman–Crippen MR) is 78.0 cm³/mol. The van der Waals surface area contributed by atoms with Gasteiger partial charge in [0.15, 0.2) is 0 Å². The van der Waals surface area contributed by atoms with Gasteiger partial charge < -0.3 is 5.11 Å². The summed E-state index contributed by atoms with van der Waals surface area (Å²) in [6.45, 7) is 0.631. The van der Waals surface area contributed by atoms with Gasteiger partial charge in [0.05, 0.1) is 0 Å². The predicted octanol–water partition coefficient (Wildman–Crippen LogP) is 2.08. The fourth-order valence-corrected chi connectivity index (χ4v) is 2.50. The Bertz CT molecular complexity index is 483. The third-order valence-corrected chi connectivity index (χ3v) is 4.33. The molecule has 0 atom stereocenters. The Morgan fingerprint density at radius 2 is 1.84 bits per heavy atom. The normalized spacial score (nSPS) is 12.4. The summed E-state index contributed by atoms with van der Waals surface area (Å²) < 4.78 is 25.3. The number of unbranched alkanes of at least 4 members (excludes halogenated alkanes) is 2. The first-order chi connectivity index (χ1) is 9.06. The maximum atomic E-state index is 12.0. The van der Waals surface area contributed by atoms with Gasteiger partial charge in [-0.3, -0.25) is 0 Å². The molecular formula is C14H21NO3S. The van der Waals surface area contributed by atoms with Crippen LogP contribution in [0, 0.1) is 0 Å². The Morgan fingerprint density at radius 1 is 1.16 bits per heavy atom. The fraction of sp³-hybridized carbons (Fsp3) is 0.429. The molecule has 0 fully saturated rings. The molecule has 4 nitrogen and oxygen atoms in total. The van der Waals surface area contributed by atoms with Crippen LogP contribution in [0.25, 0.3) is 6.08 Å². The quantitative estimate of drug-likeness (QED) is 0.743. The van der Waals surface area contributed by atoms with Crippen LogP contribution < -0.4 is 0 Å². The van der Waals surface area contributed by atoms with Gasteiger partial charge in [-0.2, -0.15) is 0 Å². The van der Waals surface area contributed by atoms with Crippen LogP contribution in [0.3, 0.4) is 0 Å². The lowest BCUT2D eigenvalue weighted by molar-refractivity contribution is 0.281. The molecular weight excluding hydrogens is 262 g/mol. The van der Waals surface area contributed by atoms with Gasteiger partial charge in [0, 0.05) is 25.6 Å². The number of nitrogens with zero attached hydrogens (tertiary/aromatic N) is 1. The molecule has 0 radical (unpaired) electrons. The maximum Gasteiger partial charge on any atom is 0.235 e. The van der Waals surface area contributed by atoms with Crippen molar-refractivity contribution in [2.24, 2.45) is 0 Å². The Balaban J connectivity index is 2.53. The summed E-state index contributed by atoms with van der Waals surface area (Å²) in [6.07, 6.45) is 3.90. The highest BCUT2D eigenvalue weighted by Gasteiger charge is 2.12. The minimum absolute atomic E-state index is 0.157. The van der Waals surface area contributed by atoms with E-state index in [-0.39, 0.29) is 6.61 Å². The van der Waals surface area contributed by atoms with Gasteiger partial charge in [-0.1, -0.05) is 30.3 Å². The molecule has 106 valence electrons. The van der Waals surface area contributed by atoms with Gasteiger partial charge >= 0.3 is 0 Å². The Morgan fingerprint density at radius 3 is 2.47 bits per heavy atom. The highest BCUT2D eigenvalue weighted by atomic mass is 32.2. The molecule has 0 amide bonds. The van der Waals surface area contributed by atoms with Crippen molar-refractivity contribution in [3.05, 3.63) is 41.3 Å². The first kappa shape index (κ1) is 15.9. The third kappa shape index (κ3) is 6.00. The van der Waals surface area contributed by atoms with E-state index in [4.69, 9.17) is 5.11 Å². The van der Waals surface area contributed by atoms with Crippen LogP contribution in [-0.2, 0) is 10.0 Å². The largest absolute Gasteiger partial charge is 0.396 e. The zero-order chi connectivity index (χ0) is 14.1. The molecule has 0 aromatic heterocycles. The van der Waals surface area contributed by atoms with Crippen LogP contribution in [0.5, 0.6) is 0 Å². The first-order valence-corrected chi connectivity index (χ1v) is 7.87. The van der Waals surface area contributed by atoms with Crippen LogP contribution in [0.15, 0.2) is 35.7 Å². The van der Waals surface area contributed by atoms with Crippen LogP contribution in [0.2, 0.25) is 0 Å².